The van der Waals surface area contributed by atoms with E-state index in [9.17, 15) is 9.18 Å². The average Bonchev–Trinajstić information content (AvgIpc) is 3.04. The van der Waals surface area contributed by atoms with Crippen LogP contribution in [0, 0.1) is 5.82 Å². The van der Waals surface area contributed by atoms with Gasteiger partial charge in [0.2, 0.25) is 0 Å². The predicted molar refractivity (Wildman–Crippen MR) is 76.9 cm³/mol. The highest BCUT2D eigenvalue weighted by Gasteiger charge is 2.20. The van der Waals surface area contributed by atoms with E-state index in [-0.39, 0.29) is 11.7 Å². The summed E-state index contributed by atoms with van der Waals surface area (Å²) in [5, 5.41) is 10.7. The van der Waals surface area contributed by atoms with Crippen LogP contribution in [0.3, 0.4) is 0 Å². The Labute approximate surface area is 121 Å². The number of para-hydroxylation sites is 1. The van der Waals surface area contributed by atoms with Crippen LogP contribution in [0.4, 0.5) is 15.9 Å². The second kappa shape index (κ2) is 5.87. The first kappa shape index (κ1) is 13.5. The van der Waals surface area contributed by atoms with Crippen LogP contribution >= 0.6 is 0 Å². The van der Waals surface area contributed by atoms with E-state index in [0.29, 0.717) is 17.2 Å². The number of amides is 1. The Kier molecular flexibility index (Phi) is 3.77. The van der Waals surface area contributed by atoms with Crippen molar-refractivity contribution in [3.8, 4) is 0 Å². The summed E-state index contributed by atoms with van der Waals surface area (Å²) in [6, 6.07) is 9.55. The van der Waals surface area contributed by atoms with Crippen molar-refractivity contribution >= 4 is 17.4 Å². The number of hydrogen-bond donors (Lipinski definition) is 1. The summed E-state index contributed by atoms with van der Waals surface area (Å²) in [7, 11) is 0. The molecule has 0 spiro atoms. The zero-order valence-electron chi connectivity index (χ0n) is 11.4. The largest absolute Gasteiger partial charge is 0.337 e. The lowest BCUT2D eigenvalue weighted by atomic mass is 10.3. The number of carbonyl (C=O) groups is 1. The molecule has 0 unspecified atom stereocenters. The maximum atomic E-state index is 13.5. The first-order chi connectivity index (χ1) is 10.2. The number of anilines is 2. The Morgan fingerprint density at radius 1 is 1.10 bits per heavy atom. The Bertz CT molecular complexity index is 638. The van der Waals surface area contributed by atoms with Crippen LogP contribution < -0.4 is 5.32 Å². The lowest BCUT2D eigenvalue weighted by molar-refractivity contribution is 0.0786. The highest BCUT2D eigenvalue weighted by atomic mass is 19.1. The summed E-state index contributed by atoms with van der Waals surface area (Å²) < 4.78 is 13.5. The zero-order valence-corrected chi connectivity index (χ0v) is 11.4. The molecular weight excluding hydrogens is 271 g/mol. The van der Waals surface area contributed by atoms with E-state index in [4.69, 9.17) is 0 Å². The molecule has 1 fully saturated rings. The molecule has 0 atom stereocenters. The highest BCUT2D eigenvalue weighted by molar-refractivity contribution is 5.92. The number of carbonyl (C=O) groups excluding carboxylic acids is 1. The van der Waals surface area contributed by atoms with E-state index in [1.807, 2.05) is 0 Å². The van der Waals surface area contributed by atoms with Crippen LogP contribution in [-0.4, -0.2) is 34.1 Å². The Balaban J connectivity index is 1.72. The number of nitrogens with zero attached hydrogens (tertiary/aromatic N) is 3. The molecule has 2 aromatic rings. The van der Waals surface area contributed by atoms with E-state index in [0.717, 1.165) is 25.9 Å². The molecule has 3 rings (SSSR count). The van der Waals surface area contributed by atoms with Crippen molar-refractivity contribution in [1.29, 1.82) is 0 Å². The fourth-order valence-electron chi connectivity index (χ4n) is 2.30. The minimum absolute atomic E-state index is 0.0996. The first-order valence-corrected chi connectivity index (χ1v) is 6.88. The second-order valence-corrected chi connectivity index (χ2v) is 4.91. The smallest absolute Gasteiger partial charge is 0.274 e. The molecule has 0 bridgehead atoms. The quantitative estimate of drug-likeness (QED) is 0.942. The van der Waals surface area contributed by atoms with Crippen molar-refractivity contribution < 1.29 is 9.18 Å². The molecule has 1 saturated heterocycles. The van der Waals surface area contributed by atoms with Crippen molar-refractivity contribution in [2.75, 3.05) is 18.4 Å². The normalized spacial score (nSPS) is 14.2. The third-order valence-corrected chi connectivity index (χ3v) is 3.41. The summed E-state index contributed by atoms with van der Waals surface area (Å²) in [5.41, 5.74) is 0.640. The van der Waals surface area contributed by atoms with Crippen molar-refractivity contribution in [1.82, 2.24) is 15.1 Å². The third kappa shape index (κ3) is 2.99. The molecule has 0 saturated carbocycles. The van der Waals surface area contributed by atoms with Crippen LogP contribution in [0.25, 0.3) is 0 Å². The van der Waals surface area contributed by atoms with Gasteiger partial charge in [0.05, 0.1) is 5.69 Å². The maximum absolute atomic E-state index is 13.5. The van der Waals surface area contributed by atoms with Gasteiger partial charge >= 0.3 is 0 Å². The molecule has 108 valence electrons. The molecule has 0 radical (unpaired) electrons. The summed E-state index contributed by atoms with van der Waals surface area (Å²) in [4.78, 5) is 13.9. The van der Waals surface area contributed by atoms with Gasteiger partial charge in [-0.3, -0.25) is 4.79 Å². The molecule has 1 aliphatic rings. The minimum atomic E-state index is -0.364. The zero-order chi connectivity index (χ0) is 14.7. The summed E-state index contributed by atoms with van der Waals surface area (Å²) in [6.45, 7) is 1.55. The van der Waals surface area contributed by atoms with Gasteiger partial charge in [-0.15, -0.1) is 10.2 Å². The van der Waals surface area contributed by atoms with Gasteiger partial charge in [0, 0.05) is 13.1 Å². The van der Waals surface area contributed by atoms with Gasteiger partial charge in [-0.05, 0) is 37.1 Å². The van der Waals surface area contributed by atoms with E-state index in [2.05, 4.69) is 15.5 Å². The van der Waals surface area contributed by atoms with E-state index < -0.39 is 0 Å². The van der Waals surface area contributed by atoms with Crippen molar-refractivity contribution in [2.45, 2.75) is 12.8 Å². The predicted octanol–water partition coefficient (Wildman–Crippen LogP) is 2.60. The van der Waals surface area contributed by atoms with Crippen molar-refractivity contribution in [2.24, 2.45) is 0 Å². The van der Waals surface area contributed by atoms with Crippen LogP contribution in [0.5, 0.6) is 0 Å². The van der Waals surface area contributed by atoms with Crippen molar-refractivity contribution in [3.63, 3.8) is 0 Å². The Morgan fingerprint density at radius 2 is 1.86 bits per heavy atom. The molecule has 21 heavy (non-hydrogen) atoms. The summed E-state index contributed by atoms with van der Waals surface area (Å²) in [5.74, 6) is -0.0629. The monoisotopic (exact) mass is 286 g/mol. The lowest BCUT2D eigenvalue weighted by Gasteiger charge is -2.14. The van der Waals surface area contributed by atoms with E-state index in [1.165, 1.54) is 6.07 Å². The van der Waals surface area contributed by atoms with Gasteiger partial charge in [-0.2, -0.15) is 0 Å². The van der Waals surface area contributed by atoms with Gasteiger partial charge in [-0.25, -0.2) is 4.39 Å². The van der Waals surface area contributed by atoms with Crippen LogP contribution in [0.15, 0.2) is 36.4 Å². The van der Waals surface area contributed by atoms with Crippen molar-refractivity contribution in [3.05, 3.63) is 47.9 Å². The molecule has 1 aromatic carbocycles. The Hall–Kier alpha value is -2.50. The molecule has 5 nitrogen and oxygen atoms in total. The SMILES string of the molecule is O=C(c1ccc(Nc2ccccc2F)nn1)N1CCCC1. The molecule has 0 aliphatic carbocycles. The number of nitrogens with one attached hydrogen (secondary N) is 1. The number of likely N-dealkylation sites (tertiary alicyclic amines) is 1. The molecule has 1 aromatic heterocycles. The first-order valence-electron chi connectivity index (χ1n) is 6.88. The van der Waals surface area contributed by atoms with Gasteiger partial charge in [-0.1, -0.05) is 12.1 Å². The molecule has 1 N–H and O–H groups in total. The van der Waals surface area contributed by atoms with Crippen LogP contribution in [0.2, 0.25) is 0 Å². The van der Waals surface area contributed by atoms with Gasteiger partial charge < -0.3 is 10.2 Å². The summed E-state index contributed by atoms with van der Waals surface area (Å²) in [6.07, 6.45) is 2.07. The molecular formula is C15H15FN4O. The standard InChI is InChI=1S/C15H15FN4O/c16-11-5-1-2-6-12(11)17-14-8-7-13(18-19-14)15(21)20-9-3-4-10-20/h1-2,5-8H,3-4,9-10H2,(H,17,19). The molecule has 1 amide bonds. The Morgan fingerprint density at radius 3 is 2.52 bits per heavy atom. The van der Waals surface area contributed by atoms with E-state index >= 15 is 0 Å². The topological polar surface area (TPSA) is 58.1 Å². The van der Waals surface area contributed by atoms with Gasteiger partial charge in [0.15, 0.2) is 11.5 Å². The fraction of sp³-hybridized carbons (Fsp3) is 0.267. The van der Waals surface area contributed by atoms with Gasteiger partial charge in [0.25, 0.3) is 5.91 Å². The highest BCUT2D eigenvalue weighted by Crippen LogP contribution is 2.18. The number of hydrogen-bond acceptors (Lipinski definition) is 4. The molecule has 1 aliphatic heterocycles. The summed E-state index contributed by atoms with van der Waals surface area (Å²) >= 11 is 0. The number of aromatic nitrogens is 2. The minimum Gasteiger partial charge on any atom is -0.337 e. The number of benzene rings is 1. The fourth-order valence-corrected chi connectivity index (χ4v) is 2.30. The second-order valence-electron chi connectivity index (χ2n) is 4.91. The average molecular weight is 286 g/mol. The molecule has 2 heterocycles. The van der Waals surface area contributed by atoms with Gasteiger partial charge in [0.1, 0.15) is 5.82 Å². The van der Waals surface area contributed by atoms with Crippen LogP contribution in [-0.2, 0) is 0 Å². The lowest BCUT2D eigenvalue weighted by Crippen LogP contribution is -2.28. The number of rotatable bonds is 3. The van der Waals surface area contributed by atoms with Crippen LogP contribution in [0.1, 0.15) is 23.3 Å². The third-order valence-electron chi connectivity index (χ3n) is 3.41. The van der Waals surface area contributed by atoms with E-state index in [1.54, 1.807) is 35.2 Å². The number of halogens is 1. The maximum Gasteiger partial charge on any atom is 0.274 e. The molecule has 6 heteroatoms.